The first-order valence-corrected chi connectivity index (χ1v) is 7.65. The lowest BCUT2D eigenvalue weighted by Gasteiger charge is -2.23. The zero-order valence-electron chi connectivity index (χ0n) is 12.8. The van der Waals surface area contributed by atoms with Crippen LogP contribution in [-0.2, 0) is 4.74 Å². The number of urea groups is 1. The van der Waals surface area contributed by atoms with E-state index in [1.54, 1.807) is 11.2 Å². The van der Waals surface area contributed by atoms with E-state index in [1.165, 1.54) is 0 Å². The topological polar surface area (TPSA) is 74.9 Å². The number of hydrogen-bond donors (Lipinski definition) is 2. The van der Waals surface area contributed by atoms with Crippen molar-refractivity contribution in [1.29, 1.82) is 0 Å². The highest BCUT2D eigenvalue weighted by Gasteiger charge is 2.22. The molecule has 6 heteroatoms. The van der Waals surface area contributed by atoms with Crippen LogP contribution in [-0.4, -0.2) is 48.9 Å². The molecule has 1 aliphatic heterocycles. The standard InChI is InChI=1S/C17H20N2O4/c20-11-13-10-19(6-8-22-12-13)17(21)18-15-4-1-3-14(9-15)16-5-2-7-23-16/h1-5,7,9,13,20H,6,8,10-12H2,(H,18,21). The van der Waals surface area contributed by atoms with Gasteiger partial charge in [0.25, 0.3) is 0 Å². The lowest BCUT2D eigenvalue weighted by Crippen LogP contribution is -2.39. The van der Waals surface area contributed by atoms with Gasteiger partial charge in [-0.1, -0.05) is 12.1 Å². The molecule has 1 unspecified atom stereocenters. The maximum absolute atomic E-state index is 12.4. The molecule has 2 aromatic rings. The second kappa shape index (κ2) is 7.30. The van der Waals surface area contributed by atoms with Gasteiger partial charge >= 0.3 is 6.03 Å². The molecule has 0 bridgehead atoms. The summed E-state index contributed by atoms with van der Waals surface area (Å²) in [6.07, 6.45) is 1.62. The van der Waals surface area contributed by atoms with Crippen molar-refractivity contribution in [3.8, 4) is 11.3 Å². The molecule has 2 amide bonds. The Bertz CT molecular complexity index is 642. The lowest BCUT2D eigenvalue weighted by atomic mass is 10.1. The van der Waals surface area contributed by atoms with Crippen LogP contribution in [0.5, 0.6) is 0 Å². The first-order valence-electron chi connectivity index (χ1n) is 7.65. The minimum Gasteiger partial charge on any atom is -0.464 e. The van der Waals surface area contributed by atoms with Crippen LogP contribution in [0.1, 0.15) is 0 Å². The highest BCUT2D eigenvalue weighted by molar-refractivity contribution is 5.90. The van der Waals surface area contributed by atoms with Gasteiger partial charge in [-0.25, -0.2) is 4.79 Å². The van der Waals surface area contributed by atoms with E-state index in [4.69, 9.17) is 9.15 Å². The van der Waals surface area contributed by atoms with Crippen LogP contribution in [0.3, 0.4) is 0 Å². The molecule has 0 aliphatic carbocycles. The van der Waals surface area contributed by atoms with Gasteiger partial charge in [0.05, 0.1) is 19.5 Å². The molecule has 3 rings (SSSR count). The van der Waals surface area contributed by atoms with Crippen molar-refractivity contribution in [1.82, 2.24) is 4.90 Å². The Hall–Kier alpha value is -2.31. The predicted molar refractivity (Wildman–Crippen MR) is 86.1 cm³/mol. The molecule has 0 radical (unpaired) electrons. The number of benzene rings is 1. The van der Waals surface area contributed by atoms with Gasteiger partial charge in [0, 0.05) is 36.9 Å². The molecule has 2 heterocycles. The fourth-order valence-electron chi connectivity index (χ4n) is 2.57. The monoisotopic (exact) mass is 316 g/mol. The maximum Gasteiger partial charge on any atom is 0.321 e. The van der Waals surface area contributed by atoms with Gasteiger partial charge in [-0.2, -0.15) is 0 Å². The van der Waals surface area contributed by atoms with Crippen molar-refractivity contribution < 1.29 is 19.1 Å². The molecule has 1 fully saturated rings. The van der Waals surface area contributed by atoms with E-state index in [9.17, 15) is 9.90 Å². The summed E-state index contributed by atoms with van der Waals surface area (Å²) in [5.41, 5.74) is 1.61. The lowest BCUT2D eigenvalue weighted by molar-refractivity contribution is 0.0958. The minimum atomic E-state index is -0.189. The van der Waals surface area contributed by atoms with E-state index < -0.39 is 0 Å². The second-order valence-electron chi connectivity index (χ2n) is 5.56. The van der Waals surface area contributed by atoms with Gasteiger partial charge in [-0.3, -0.25) is 0 Å². The van der Waals surface area contributed by atoms with Gasteiger partial charge < -0.3 is 24.5 Å². The first-order chi connectivity index (χ1) is 11.3. The third-order valence-electron chi connectivity index (χ3n) is 3.80. The Morgan fingerprint density at radius 3 is 3.04 bits per heavy atom. The minimum absolute atomic E-state index is 0.0117. The molecule has 1 aliphatic rings. The van der Waals surface area contributed by atoms with Crippen molar-refractivity contribution in [2.24, 2.45) is 5.92 Å². The summed E-state index contributed by atoms with van der Waals surface area (Å²) in [6.45, 7) is 1.97. The zero-order valence-corrected chi connectivity index (χ0v) is 12.8. The third-order valence-corrected chi connectivity index (χ3v) is 3.80. The van der Waals surface area contributed by atoms with Crippen molar-refractivity contribution >= 4 is 11.7 Å². The van der Waals surface area contributed by atoms with Crippen LogP contribution < -0.4 is 5.32 Å². The first kappa shape index (κ1) is 15.6. The van der Waals surface area contributed by atoms with Crippen LogP contribution in [0.15, 0.2) is 47.1 Å². The zero-order chi connectivity index (χ0) is 16.1. The number of carbonyl (C=O) groups is 1. The molecule has 2 N–H and O–H groups in total. The Labute approximate surface area is 134 Å². The smallest absolute Gasteiger partial charge is 0.321 e. The van der Waals surface area contributed by atoms with E-state index in [2.05, 4.69) is 5.32 Å². The molecule has 1 saturated heterocycles. The summed E-state index contributed by atoms with van der Waals surface area (Å²) < 4.78 is 10.8. The summed E-state index contributed by atoms with van der Waals surface area (Å²) >= 11 is 0. The molecule has 0 spiro atoms. The second-order valence-corrected chi connectivity index (χ2v) is 5.56. The van der Waals surface area contributed by atoms with Gasteiger partial charge in [-0.15, -0.1) is 0 Å². The van der Waals surface area contributed by atoms with Crippen LogP contribution in [0.4, 0.5) is 10.5 Å². The summed E-state index contributed by atoms with van der Waals surface area (Å²) in [7, 11) is 0. The molecule has 1 aromatic carbocycles. The van der Waals surface area contributed by atoms with Crippen LogP contribution >= 0.6 is 0 Å². The number of nitrogens with zero attached hydrogens (tertiary/aromatic N) is 1. The average molecular weight is 316 g/mol. The average Bonchev–Trinajstić information content (AvgIpc) is 3.00. The number of rotatable bonds is 3. The molecular weight excluding hydrogens is 296 g/mol. The predicted octanol–water partition coefficient (Wildman–Crippen LogP) is 2.42. The fourth-order valence-corrected chi connectivity index (χ4v) is 2.57. The van der Waals surface area contributed by atoms with Gasteiger partial charge in [0.15, 0.2) is 0 Å². The molecular formula is C17H20N2O4. The van der Waals surface area contributed by atoms with E-state index in [0.29, 0.717) is 32.0 Å². The number of anilines is 1. The molecule has 6 nitrogen and oxygen atoms in total. The summed E-state index contributed by atoms with van der Waals surface area (Å²) in [5, 5.41) is 12.2. The summed E-state index contributed by atoms with van der Waals surface area (Å²) in [4.78, 5) is 14.1. The van der Waals surface area contributed by atoms with E-state index in [-0.39, 0.29) is 18.6 Å². The van der Waals surface area contributed by atoms with Crippen LogP contribution in [0.25, 0.3) is 11.3 Å². The van der Waals surface area contributed by atoms with Gasteiger partial charge in [0.2, 0.25) is 0 Å². The number of ether oxygens (including phenoxy) is 1. The molecule has 1 aromatic heterocycles. The highest BCUT2D eigenvalue weighted by Crippen LogP contribution is 2.23. The van der Waals surface area contributed by atoms with E-state index >= 15 is 0 Å². The van der Waals surface area contributed by atoms with Crippen molar-refractivity contribution in [3.05, 3.63) is 42.7 Å². The third kappa shape index (κ3) is 3.91. The van der Waals surface area contributed by atoms with Crippen LogP contribution in [0.2, 0.25) is 0 Å². The number of carbonyl (C=O) groups excluding carboxylic acids is 1. The quantitative estimate of drug-likeness (QED) is 0.912. The van der Waals surface area contributed by atoms with Crippen LogP contribution in [0, 0.1) is 5.92 Å². The Morgan fingerprint density at radius 1 is 1.35 bits per heavy atom. The van der Waals surface area contributed by atoms with E-state index in [1.807, 2.05) is 36.4 Å². The molecule has 122 valence electrons. The van der Waals surface area contributed by atoms with Gasteiger partial charge in [0.1, 0.15) is 5.76 Å². The number of aliphatic hydroxyl groups excluding tert-OH is 1. The maximum atomic E-state index is 12.4. The van der Waals surface area contributed by atoms with Crippen molar-refractivity contribution in [2.45, 2.75) is 0 Å². The Kier molecular flexibility index (Phi) is 4.95. The van der Waals surface area contributed by atoms with Gasteiger partial charge in [-0.05, 0) is 24.3 Å². The van der Waals surface area contributed by atoms with E-state index in [0.717, 1.165) is 11.3 Å². The number of hydrogen-bond acceptors (Lipinski definition) is 4. The largest absolute Gasteiger partial charge is 0.464 e. The number of aliphatic hydroxyl groups is 1. The van der Waals surface area contributed by atoms with Crippen molar-refractivity contribution in [3.63, 3.8) is 0 Å². The number of amides is 2. The Morgan fingerprint density at radius 2 is 2.26 bits per heavy atom. The molecule has 0 saturated carbocycles. The Balaban J connectivity index is 1.68. The number of nitrogens with one attached hydrogen (secondary N) is 1. The summed E-state index contributed by atoms with van der Waals surface area (Å²) in [6, 6.07) is 11.0. The molecule has 23 heavy (non-hydrogen) atoms. The summed E-state index contributed by atoms with van der Waals surface area (Å²) in [5.74, 6) is 0.710. The molecule has 1 atom stereocenters. The highest BCUT2D eigenvalue weighted by atomic mass is 16.5. The fraction of sp³-hybridized carbons (Fsp3) is 0.353. The normalized spacial score (nSPS) is 18.5. The SMILES string of the molecule is O=C(Nc1cccc(-c2ccco2)c1)N1CCOCC(CO)C1. The van der Waals surface area contributed by atoms with Crippen molar-refractivity contribution in [2.75, 3.05) is 38.2 Å². The number of furan rings is 1.